The maximum atomic E-state index is 9.74. The van der Waals surface area contributed by atoms with Gasteiger partial charge < -0.3 is 0 Å². The summed E-state index contributed by atoms with van der Waals surface area (Å²) in [4.78, 5) is 9.74. The van der Waals surface area contributed by atoms with Crippen molar-refractivity contribution in [3.8, 4) is 0 Å². The molecule has 0 unspecified atom stereocenters. The van der Waals surface area contributed by atoms with Crippen molar-refractivity contribution in [2.24, 2.45) is 0 Å². The first kappa shape index (κ1) is 10.2. The van der Waals surface area contributed by atoms with Crippen molar-refractivity contribution < 1.29 is 4.79 Å². The van der Waals surface area contributed by atoms with E-state index in [9.17, 15) is 4.79 Å². The van der Waals surface area contributed by atoms with Crippen LogP contribution in [0.1, 0.15) is 32.6 Å². The maximum Gasteiger partial charge on any atom is 0.202 e. The average molecular weight is 151 g/mol. The zero-order chi connectivity index (χ0) is 8.36. The lowest BCUT2D eigenvalue weighted by Crippen LogP contribution is -1.66. The van der Waals surface area contributed by atoms with E-state index < -0.39 is 0 Å². The monoisotopic (exact) mass is 151 g/mol. The second kappa shape index (κ2) is 9.15. The molecule has 0 rings (SSSR count). The molecule has 0 aromatic rings. The lowest BCUT2D eigenvalue weighted by atomic mass is 10.2. The summed E-state index contributed by atoms with van der Waals surface area (Å²) < 4.78 is 0. The average Bonchev–Trinajstić information content (AvgIpc) is 2.03. The molecule has 0 aliphatic heterocycles. The second-order valence-electron chi connectivity index (χ2n) is 2.35. The summed E-state index contributed by atoms with van der Waals surface area (Å²) >= 11 is 0. The first-order valence-corrected chi connectivity index (χ1v) is 4.08. The summed E-state index contributed by atoms with van der Waals surface area (Å²) in [6, 6.07) is 0. The minimum atomic E-state index is 0.401. The fourth-order valence-electron chi connectivity index (χ4n) is 0.691. The highest BCUT2D eigenvalue weighted by Crippen LogP contribution is 1.94. The van der Waals surface area contributed by atoms with Crippen molar-refractivity contribution in [3.05, 3.63) is 24.3 Å². The van der Waals surface area contributed by atoms with Gasteiger partial charge in [-0.15, -0.1) is 0 Å². The Bertz CT molecular complexity index is 134. The van der Waals surface area contributed by atoms with Crippen LogP contribution in [0.15, 0.2) is 24.3 Å². The maximum absolute atomic E-state index is 9.74. The van der Waals surface area contributed by atoms with Crippen molar-refractivity contribution in [1.82, 2.24) is 0 Å². The van der Waals surface area contributed by atoms with Crippen LogP contribution in [0.4, 0.5) is 0 Å². The van der Waals surface area contributed by atoms with Crippen molar-refractivity contribution >= 4 is 6.29 Å². The third-order valence-corrected chi connectivity index (χ3v) is 1.31. The first-order valence-electron chi connectivity index (χ1n) is 4.08. The van der Waals surface area contributed by atoms with Gasteiger partial charge in [0.25, 0.3) is 0 Å². The lowest BCUT2D eigenvalue weighted by Gasteiger charge is -1.85. The van der Waals surface area contributed by atoms with Crippen LogP contribution in [0.5, 0.6) is 0 Å². The topological polar surface area (TPSA) is 17.1 Å². The quantitative estimate of drug-likeness (QED) is 0.421. The van der Waals surface area contributed by atoms with Crippen LogP contribution < -0.4 is 0 Å². The molecule has 0 aliphatic carbocycles. The van der Waals surface area contributed by atoms with E-state index >= 15 is 0 Å². The Hall–Kier alpha value is -0.850. The van der Waals surface area contributed by atoms with Crippen LogP contribution in [0.3, 0.4) is 0 Å². The minimum absolute atomic E-state index is 0.401. The summed E-state index contributed by atoms with van der Waals surface area (Å²) in [6.07, 6.45) is 13.6. The van der Waals surface area contributed by atoms with Gasteiger partial charge in [0.05, 0.1) is 0 Å². The molecule has 1 nitrogen and oxygen atoms in total. The normalized spacial score (nSPS) is 11.4. The molecule has 0 aromatic carbocycles. The SMILES string of the molecule is CCCCC=CC=CC[C]=O. The van der Waals surface area contributed by atoms with Crippen molar-refractivity contribution in [2.75, 3.05) is 0 Å². The molecule has 1 heteroatoms. The standard InChI is InChI=1S/C10H15O/c1-2-3-4-5-6-7-8-9-10-11/h5-8H,2-4,9H2,1H3. The number of rotatable bonds is 6. The number of unbranched alkanes of at least 4 members (excludes halogenated alkanes) is 2. The van der Waals surface area contributed by atoms with Crippen molar-refractivity contribution in [2.45, 2.75) is 32.6 Å². The van der Waals surface area contributed by atoms with Crippen LogP contribution in [0.2, 0.25) is 0 Å². The van der Waals surface area contributed by atoms with Gasteiger partial charge in [-0.05, 0) is 6.42 Å². The van der Waals surface area contributed by atoms with Crippen molar-refractivity contribution in [1.29, 1.82) is 0 Å². The van der Waals surface area contributed by atoms with Gasteiger partial charge in [0.2, 0.25) is 6.29 Å². The Morgan fingerprint density at radius 1 is 1.27 bits per heavy atom. The summed E-state index contributed by atoms with van der Waals surface area (Å²) in [6.45, 7) is 2.17. The van der Waals surface area contributed by atoms with E-state index in [-0.39, 0.29) is 0 Å². The summed E-state index contributed by atoms with van der Waals surface area (Å²) in [5, 5.41) is 0. The molecule has 0 N–H and O–H groups in total. The number of allylic oxidation sites excluding steroid dienone is 4. The zero-order valence-electron chi connectivity index (χ0n) is 7.05. The predicted octanol–water partition coefficient (Wildman–Crippen LogP) is 2.79. The highest BCUT2D eigenvalue weighted by Gasteiger charge is 1.75. The van der Waals surface area contributed by atoms with E-state index in [0.29, 0.717) is 6.42 Å². The number of hydrogen-bond donors (Lipinski definition) is 0. The molecular formula is C10H15O. The van der Waals surface area contributed by atoms with Gasteiger partial charge in [-0.25, -0.2) is 0 Å². The summed E-state index contributed by atoms with van der Waals surface area (Å²) in [7, 11) is 0. The minimum Gasteiger partial charge on any atom is -0.291 e. The van der Waals surface area contributed by atoms with E-state index in [4.69, 9.17) is 0 Å². The fraction of sp³-hybridized carbons (Fsp3) is 0.500. The molecule has 0 spiro atoms. The van der Waals surface area contributed by atoms with E-state index in [1.165, 1.54) is 12.8 Å². The Labute approximate surface area is 68.8 Å². The summed E-state index contributed by atoms with van der Waals surface area (Å²) in [5.74, 6) is 0. The van der Waals surface area contributed by atoms with E-state index in [1.54, 1.807) is 12.4 Å². The Morgan fingerprint density at radius 3 is 2.64 bits per heavy atom. The fourth-order valence-corrected chi connectivity index (χ4v) is 0.691. The third-order valence-electron chi connectivity index (χ3n) is 1.31. The first-order chi connectivity index (χ1) is 5.41. The third kappa shape index (κ3) is 9.15. The largest absolute Gasteiger partial charge is 0.291 e. The van der Waals surface area contributed by atoms with Crippen LogP contribution in [0.25, 0.3) is 0 Å². The zero-order valence-corrected chi connectivity index (χ0v) is 7.05. The molecule has 1 radical (unpaired) electrons. The highest BCUT2D eigenvalue weighted by molar-refractivity contribution is 5.53. The van der Waals surface area contributed by atoms with Crippen LogP contribution in [-0.2, 0) is 4.79 Å². The molecule has 0 heterocycles. The lowest BCUT2D eigenvalue weighted by molar-refractivity contribution is 0.556. The van der Waals surface area contributed by atoms with Crippen LogP contribution in [-0.4, -0.2) is 6.29 Å². The summed E-state index contributed by atoms with van der Waals surface area (Å²) in [5.41, 5.74) is 0. The molecule has 0 saturated heterocycles. The molecule has 0 aliphatic rings. The van der Waals surface area contributed by atoms with Crippen LogP contribution >= 0.6 is 0 Å². The van der Waals surface area contributed by atoms with Crippen LogP contribution in [0, 0.1) is 0 Å². The molecule has 61 valence electrons. The highest BCUT2D eigenvalue weighted by atomic mass is 16.1. The van der Waals surface area contributed by atoms with Gasteiger partial charge in [-0.1, -0.05) is 44.1 Å². The molecule has 11 heavy (non-hydrogen) atoms. The molecule has 0 atom stereocenters. The molecule has 0 bridgehead atoms. The molecule has 0 fully saturated rings. The van der Waals surface area contributed by atoms with Gasteiger partial charge in [0.1, 0.15) is 0 Å². The van der Waals surface area contributed by atoms with Gasteiger partial charge in [-0.3, -0.25) is 4.79 Å². The van der Waals surface area contributed by atoms with Gasteiger partial charge in [0.15, 0.2) is 0 Å². The Balaban J connectivity index is 3.21. The van der Waals surface area contributed by atoms with E-state index in [1.807, 2.05) is 12.2 Å². The predicted molar refractivity (Wildman–Crippen MR) is 48.1 cm³/mol. The van der Waals surface area contributed by atoms with E-state index in [0.717, 1.165) is 6.42 Å². The molecule has 0 amide bonds. The van der Waals surface area contributed by atoms with Crippen molar-refractivity contribution in [3.63, 3.8) is 0 Å². The number of hydrogen-bond acceptors (Lipinski definition) is 1. The van der Waals surface area contributed by atoms with Gasteiger partial charge in [0, 0.05) is 6.42 Å². The second-order valence-corrected chi connectivity index (χ2v) is 2.35. The number of carbonyl (C=O) groups excluding carboxylic acids is 1. The molecule has 0 aromatic heterocycles. The van der Waals surface area contributed by atoms with Gasteiger partial charge >= 0.3 is 0 Å². The Kier molecular flexibility index (Phi) is 8.44. The molecule has 0 saturated carbocycles. The van der Waals surface area contributed by atoms with E-state index in [2.05, 4.69) is 13.0 Å². The molecular weight excluding hydrogens is 136 g/mol. The smallest absolute Gasteiger partial charge is 0.202 e. The van der Waals surface area contributed by atoms with Gasteiger partial charge in [-0.2, -0.15) is 0 Å². The Morgan fingerprint density at radius 2 is 2.00 bits per heavy atom.